The number of fused-ring (bicyclic) bond motifs is 1. The first-order valence-corrected chi connectivity index (χ1v) is 9.26. The van der Waals surface area contributed by atoms with Gasteiger partial charge in [0.05, 0.1) is 13.0 Å². The van der Waals surface area contributed by atoms with Crippen molar-refractivity contribution < 1.29 is 23.8 Å². The molecule has 0 bridgehead atoms. The molecule has 0 aliphatic heterocycles. The van der Waals surface area contributed by atoms with Gasteiger partial charge in [0.15, 0.2) is 6.61 Å². The predicted octanol–water partition coefficient (Wildman–Crippen LogP) is 3.79. The van der Waals surface area contributed by atoms with Crippen LogP contribution in [0.1, 0.15) is 42.4 Å². The van der Waals surface area contributed by atoms with Crippen LogP contribution in [-0.2, 0) is 32.1 Å². The standard InChI is InChI=1S/C22H24O5/c1-2-25-22(24)15-26-19-10-11-20-17(12-19)8-9-18(20)13-21(23)27-14-16-6-4-3-5-7-16/h3-7,10-12,18H,2,8-9,13-15H2,1H3. The van der Waals surface area contributed by atoms with Crippen LogP contribution in [0.25, 0.3) is 0 Å². The highest BCUT2D eigenvalue weighted by Crippen LogP contribution is 2.37. The molecule has 0 N–H and O–H groups in total. The Labute approximate surface area is 159 Å². The lowest BCUT2D eigenvalue weighted by Gasteiger charge is -2.12. The second kappa shape index (κ2) is 9.21. The fraction of sp³-hybridized carbons (Fsp3) is 0.364. The largest absolute Gasteiger partial charge is 0.482 e. The molecule has 0 heterocycles. The van der Waals surface area contributed by atoms with Crippen LogP contribution in [0.15, 0.2) is 48.5 Å². The van der Waals surface area contributed by atoms with E-state index in [0.717, 1.165) is 29.5 Å². The molecule has 0 saturated carbocycles. The van der Waals surface area contributed by atoms with Crippen molar-refractivity contribution in [2.24, 2.45) is 0 Å². The number of benzene rings is 2. The molecule has 2 aromatic rings. The fourth-order valence-electron chi connectivity index (χ4n) is 3.33. The third-order valence-electron chi connectivity index (χ3n) is 4.63. The van der Waals surface area contributed by atoms with Crippen LogP contribution < -0.4 is 4.74 Å². The summed E-state index contributed by atoms with van der Waals surface area (Å²) in [6.45, 7) is 2.31. The van der Waals surface area contributed by atoms with Gasteiger partial charge < -0.3 is 14.2 Å². The molecular weight excluding hydrogens is 344 g/mol. The van der Waals surface area contributed by atoms with Crippen molar-refractivity contribution in [3.63, 3.8) is 0 Å². The molecule has 0 fully saturated rings. The minimum Gasteiger partial charge on any atom is -0.482 e. The van der Waals surface area contributed by atoms with E-state index in [4.69, 9.17) is 14.2 Å². The molecule has 1 aliphatic carbocycles. The molecule has 1 aliphatic rings. The normalized spacial score (nSPS) is 15.1. The van der Waals surface area contributed by atoms with E-state index in [9.17, 15) is 9.59 Å². The van der Waals surface area contributed by atoms with Gasteiger partial charge in [0.1, 0.15) is 12.4 Å². The monoisotopic (exact) mass is 368 g/mol. The maximum absolute atomic E-state index is 12.2. The SMILES string of the molecule is CCOC(=O)COc1ccc2c(c1)CCC2CC(=O)OCc1ccccc1. The summed E-state index contributed by atoms with van der Waals surface area (Å²) < 4.78 is 15.7. The van der Waals surface area contributed by atoms with E-state index in [2.05, 4.69) is 0 Å². The van der Waals surface area contributed by atoms with Gasteiger partial charge in [-0.25, -0.2) is 4.79 Å². The molecule has 1 atom stereocenters. The first-order chi connectivity index (χ1) is 13.2. The number of hydrogen-bond acceptors (Lipinski definition) is 5. The average Bonchev–Trinajstić information content (AvgIpc) is 3.08. The highest BCUT2D eigenvalue weighted by atomic mass is 16.6. The van der Waals surface area contributed by atoms with Crippen LogP contribution in [0.2, 0.25) is 0 Å². The highest BCUT2D eigenvalue weighted by molar-refractivity contribution is 5.71. The lowest BCUT2D eigenvalue weighted by atomic mass is 9.98. The van der Waals surface area contributed by atoms with Crippen LogP contribution >= 0.6 is 0 Å². The van der Waals surface area contributed by atoms with Crippen LogP contribution in [0.4, 0.5) is 0 Å². The topological polar surface area (TPSA) is 61.8 Å². The summed E-state index contributed by atoms with van der Waals surface area (Å²) >= 11 is 0. The van der Waals surface area contributed by atoms with Gasteiger partial charge in [-0.05, 0) is 54.5 Å². The number of esters is 2. The highest BCUT2D eigenvalue weighted by Gasteiger charge is 2.25. The molecule has 0 radical (unpaired) electrons. The Morgan fingerprint density at radius 1 is 1.04 bits per heavy atom. The molecule has 0 saturated heterocycles. The molecule has 2 aromatic carbocycles. The molecule has 142 valence electrons. The van der Waals surface area contributed by atoms with Crippen molar-refractivity contribution >= 4 is 11.9 Å². The summed E-state index contributed by atoms with van der Waals surface area (Å²) in [5, 5.41) is 0. The van der Waals surface area contributed by atoms with Crippen molar-refractivity contribution in [3.05, 3.63) is 65.2 Å². The summed E-state index contributed by atoms with van der Waals surface area (Å²) in [5.41, 5.74) is 3.31. The first kappa shape index (κ1) is 19.0. The molecule has 5 nitrogen and oxygen atoms in total. The van der Waals surface area contributed by atoms with E-state index in [1.165, 1.54) is 0 Å². The van der Waals surface area contributed by atoms with Crippen LogP contribution in [0.3, 0.4) is 0 Å². The lowest BCUT2D eigenvalue weighted by Crippen LogP contribution is -2.14. The van der Waals surface area contributed by atoms with E-state index >= 15 is 0 Å². The second-order valence-electron chi connectivity index (χ2n) is 6.54. The third-order valence-corrected chi connectivity index (χ3v) is 4.63. The molecule has 1 unspecified atom stereocenters. The van der Waals surface area contributed by atoms with Gasteiger partial charge in [0.2, 0.25) is 0 Å². The summed E-state index contributed by atoms with van der Waals surface area (Å²) in [6.07, 6.45) is 2.18. The molecule has 27 heavy (non-hydrogen) atoms. The Hall–Kier alpha value is -2.82. The zero-order chi connectivity index (χ0) is 19.1. The molecule has 0 aromatic heterocycles. The third kappa shape index (κ3) is 5.33. The van der Waals surface area contributed by atoms with E-state index in [-0.39, 0.29) is 24.5 Å². The Kier molecular flexibility index (Phi) is 6.47. The molecule has 0 amide bonds. The molecule has 3 rings (SSSR count). The molecule has 0 spiro atoms. The molecule has 5 heteroatoms. The quantitative estimate of drug-likeness (QED) is 0.664. The molecular formula is C22H24O5. The van der Waals surface area contributed by atoms with Crippen LogP contribution in [0.5, 0.6) is 5.75 Å². The zero-order valence-electron chi connectivity index (χ0n) is 15.5. The maximum atomic E-state index is 12.2. The average molecular weight is 368 g/mol. The smallest absolute Gasteiger partial charge is 0.344 e. The van der Waals surface area contributed by atoms with Crippen molar-refractivity contribution in [2.75, 3.05) is 13.2 Å². The number of carbonyl (C=O) groups is 2. The predicted molar refractivity (Wildman–Crippen MR) is 100 cm³/mol. The van der Waals surface area contributed by atoms with Gasteiger partial charge in [-0.1, -0.05) is 36.4 Å². The van der Waals surface area contributed by atoms with E-state index in [1.807, 2.05) is 48.5 Å². The van der Waals surface area contributed by atoms with Gasteiger partial charge in [-0.2, -0.15) is 0 Å². The van der Waals surface area contributed by atoms with Crippen molar-refractivity contribution in [1.82, 2.24) is 0 Å². The Balaban J connectivity index is 1.52. The number of aryl methyl sites for hydroxylation is 1. The van der Waals surface area contributed by atoms with Gasteiger partial charge >= 0.3 is 11.9 Å². The van der Waals surface area contributed by atoms with Crippen LogP contribution in [0, 0.1) is 0 Å². The van der Waals surface area contributed by atoms with Crippen molar-refractivity contribution in [1.29, 1.82) is 0 Å². The number of carbonyl (C=O) groups excluding carboxylic acids is 2. The minimum atomic E-state index is -0.378. The Bertz CT molecular complexity index is 785. The summed E-state index contributed by atoms with van der Waals surface area (Å²) in [7, 11) is 0. The van der Waals surface area contributed by atoms with Crippen molar-refractivity contribution in [3.8, 4) is 5.75 Å². The lowest BCUT2D eigenvalue weighted by molar-refractivity contribution is -0.146. The number of rotatable bonds is 8. The summed E-state index contributed by atoms with van der Waals surface area (Å²) in [6, 6.07) is 15.4. The second-order valence-corrected chi connectivity index (χ2v) is 6.54. The number of hydrogen-bond donors (Lipinski definition) is 0. The summed E-state index contributed by atoms with van der Waals surface area (Å²) in [4.78, 5) is 23.6. The van der Waals surface area contributed by atoms with Gasteiger partial charge in [0, 0.05) is 0 Å². The van der Waals surface area contributed by atoms with Crippen molar-refractivity contribution in [2.45, 2.75) is 38.7 Å². The van der Waals surface area contributed by atoms with Gasteiger partial charge in [-0.15, -0.1) is 0 Å². The maximum Gasteiger partial charge on any atom is 0.344 e. The summed E-state index contributed by atoms with van der Waals surface area (Å²) in [5.74, 6) is 0.257. The fourth-order valence-corrected chi connectivity index (χ4v) is 3.33. The Morgan fingerprint density at radius 2 is 1.85 bits per heavy atom. The first-order valence-electron chi connectivity index (χ1n) is 9.26. The number of ether oxygens (including phenoxy) is 3. The zero-order valence-corrected chi connectivity index (χ0v) is 15.5. The van der Waals surface area contributed by atoms with E-state index in [1.54, 1.807) is 6.92 Å². The van der Waals surface area contributed by atoms with E-state index in [0.29, 0.717) is 25.4 Å². The minimum absolute atomic E-state index is 0.0954. The van der Waals surface area contributed by atoms with Gasteiger partial charge in [0.25, 0.3) is 0 Å². The van der Waals surface area contributed by atoms with Crippen LogP contribution in [-0.4, -0.2) is 25.2 Å². The Morgan fingerprint density at radius 3 is 2.63 bits per heavy atom. The van der Waals surface area contributed by atoms with Gasteiger partial charge in [-0.3, -0.25) is 4.79 Å². The van der Waals surface area contributed by atoms with E-state index < -0.39 is 0 Å².